The van der Waals surface area contributed by atoms with Crippen molar-refractivity contribution < 1.29 is 19.4 Å². The Morgan fingerprint density at radius 2 is 2.24 bits per heavy atom. The minimum absolute atomic E-state index is 0.170. The molecule has 0 amide bonds. The van der Waals surface area contributed by atoms with Crippen molar-refractivity contribution in [1.82, 2.24) is 0 Å². The number of aliphatic hydroxyl groups excluding tert-OH is 1. The van der Waals surface area contributed by atoms with Crippen molar-refractivity contribution in [3.63, 3.8) is 0 Å². The van der Waals surface area contributed by atoms with E-state index in [2.05, 4.69) is 4.74 Å². The van der Waals surface area contributed by atoms with Crippen molar-refractivity contribution in [2.45, 2.75) is 25.9 Å². The van der Waals surface area contributed by atoms with Gasteiger partial charge in [0.15, 0.2) is 6.10 Å². The van der Waals surface area contributed by atoms with Gasteiger partial charge in [0.2, 0.25) is 0 Å². The molecular formula is C13H18O4. The molecule has 1 atom stereocenters. The fraction of sp³-hybridized carbons (Fsp3) is 0.462. The maximum Gasteiger partial charge on any atom is 0.346 e. The number of carbonyl (C=O) groups excluding carboxylic acids is 1. The summed E-state index contributed by atoms with van der Waals surface area (Å²) < 4.78 is 10.0. The summed E-state index contributed by atoms with van der Waals surface area (Å²) in [7, 11) is 1.33. The fourth-order valence-electron chi connectivity index (χ4n) is 1.48. The Balaban J connectivity index is 2.62. The highest BCUT2D eigenvalue weighted by molar-refractivity contribution is 5.74. The van der Waals surface area contributed by atoms with Crippen molar-refractivity contribution >= 4 is 5.97 Å². The maximum absolute atomic E-state index is 11.2. The number of rotatable bonds is 6. The summed E-state index contributed by atoms with van der Waals surface area (Å²) in [5.74, 6) is 0.240. The number of aryl methyl sites for hydroxylation is 1. The van der Waals surface area contributed by atoms with Crippen molar-refractivity contribution in [2.75, 3.05) is 13.7 Å². The second kappa shape index (κ2) is 6.91. The van der Waals surface area contributed by atoms with E-state index in [9.17, 15) is 4.79 Å². The van der Waals surface area contributed by atoms with Gasteiger partial charge >= 0.3 is 5.97 Å². The molecule has 17 heavy (non-hydrogen) atoms. The molecule has 1 N–H and O–H groups in total. The second-order valence-electron chi connectivity index (χ2n) is 3.76. The SMILES string of the molecule is COC(=O)[C@H](C)Oc1cccc(CCCO)c1. The van der Waals surface area contributed by atoms with Crippen LogP contribution in [0.1, 0.15) is 18.9 Å². The molecule has 1 rings (SSSR count). The molecule has 4 nitrogen and oxygen atoms in total. The van der Waals surface area contributed by atoms with Crippen LogP contribution in [0.5, 0.6) is 5.75 Å². The van der Waals surface area contributed by atoms with Crippen LogP contribution in [0.4, 0.5) is 0 Å². The first-order valence-electron chi connectivity index (χ1n) is 5.61. The highest BCUT2D eigenvalue weighted by Gasteiger charge is 2.14. The zero-order valence-corrected chi connectivity index (χ0v) is 10.2. The van der Waals surface area contributed by atoms with E-state index in [4.69, 9.17) is 9.84 Å². The van der Waals surface area contributed by atoms with Gasteiger partial charge in [-0.2, -0.15) is 0 Å². The van der Waals surface area contributed by atoms with E-state index < -0.39 is 12.1 Å². The average Bonchev–Trinajstić information content (AvgIpc) is 2.35. The smallest absolute Gasteiger partial charge is 0.346 e. The van der Waals surface area contributed by atoms with Crippen molar-refractivity contribution in [2.24, 2.45) is 0 Å². The first-order valence-corrected chi connectivity index (χ1v) is 5.61. The molecule has 0 spiro atoms. The molecule has 0 saturated heterocycles. The molecule has 0 aliphatic heterocycles. The van der Waals surface area contributed by atoms with E-state index in [0.717, 1.165) is 18.4 Å². The summed E-state index contributed by atoms with van der Waals surface area (Å²) >= 11 is 0. The Hall–Kier alpha value is -1.55. The number of hydrogen-bond donors (Lipinski definition) is 1. The molecule has 0 aliphatic rings. The molecule has 1 aromatic rings. The van der Waals surface area contributed by atoms with Gasteiger partial charge in [-0.3, -0.25) is 0 Å². The van der Waals surface area contributed by atoms with Gasteiger partial charge in [-0.1, -0.05) is 12.1 Å². The Morgan fingerprint density at radius 3 is 2.88 bits per heavy atom. The van der Waals surface area contributed by atoms with Crippen LogP contribution in [0.15, 0.2) is 24.3 Å². The molecule has 0 unspecified atom stereocenters. The minimum Gasteiger partial charge on any atom is -0.479 e. The monoisotopic (exact) mass is 238 g/mol. The summed E-state index contributed by atoms with van der Waals surface area (Å²) in [6, 6.07) is 7.49. The molecule has 0 heterocycles. The third-order valence-electron chi connectivity index (χ3n) is 2.37. The molecule has 94 valence electrons. The van der Waals surface area contributed by atoms with Gasteiger partial charge in [-0.15, -0.1) is 0 Å². The zero-order valence-electron chi connectivity index (χ0n) is 10.2. The lowest BCUT2D eigenvalue weighted by molar-refractivity contribution is -0.147. The van der Waals surface area contributed by atoms with Crippen LogP contribution in [0.3, 0.4) is 0 Å². The predicted octanol–water partition coefficient (Wildman–Crippen LogP) is 1.55. The highest BCUT2D eigenvalue weighted by Crippen LogP contribution is 2.16. The van der Waals surface area contributed by atoms with E-state index in [0.29, 0.717) is 5.75 Å². The normalized spacial score (nSPS) is 11.9. The molecule has 0 aromatic heterocycles. The molecule has 0 radical (unpaired) electrons. The number of carbonyl (C=O) groups is 1. The minimum atomic E-state index is -0.618. The molecule has 1 aromatic carbocycles. The van der Waals surface area contributed by atoms with Crippen LogP contribution in [0.2, 0.25) is 0 Å². The lowest BCUT2D eigenvalue weighted by Gasteiger charge is -2.13. The van der Waals surface area contributed by atoms with Crippen molar-refractivity contribution in [3.8, 4) is 5.75 Å². The average molecular weight is 238 g/mol. The van der Waals surface area contributed by atoms with Crippen LogP contribution < -0.4 is 4.74 Å². The quantitative estimate of drug-likeness (QED) is 0.764. The summed E-state index contributed by atoms with van der Waals surface area (Å²) in [4.78, 5) is 11.2. The molecule has 4 heteroatoms. The number of aliphatic hydroxyl groups is 1. The van der Waals surface area contributed by atoms with Crippen molar-refractivity contribution in [3.05, 3.63) is 29.8 Å². The standard InChI is InChI=1S/C13H18O4/c1-10(13(15)16-2)17-12-7-3-5-11(9-12)6-4-8-14/h3,5,7,9-10,14H,4,6,8H2,1-2H3/t10-/m0/s1. The second-order valence-corrected chi connectivity index (χ2v) is 3.76. The Bertz CT molecular complexity index is 362. The summed E-state index contributed by atoms with van der Waals surface area (Å²) in [5, 5.41) is 8.75. The van der Waals surface area contributed by atoms with E-state index >= 15 is 0 Å². The number of methoxy groups -OCH3 is 1. The van der Waals surface area contributed by atoms with E-state index in [1.165, 1.54) is 7.11 Å². The predicted molar refractivity (Wildman–Crippen MR) is 64.0 cm³/mol. The van der Waals surface area contributed by atoms with E-state index in [-0.39, 0.29) is 6.61 Å². The van der Waals surface area contributed by atoms with Crippen LogP contribution in [-0.4, -0.2) is 30.9 Å². The summed E-state index contributed by atoms with van der Waals surface area (Å²) in [6.07, 6.45) is 0.893. The van der Waals surface area contributed by atoms with Gasteiger partial charge in [0.25, 0.3) is 0 Å². The third-order valence-corrected chi connectivity index (χ3v) is 2.37. The third kappa shape index (κ3) is 4.44. The number of benzene rings is 1. The number of esters is 1. The number of hydrogen-bond acceptors (Lipinski definition) is 4. The van der Waals surface area contributed by atoms with Gasteiger partial charge in [0.1, 0.15) is 5.75 Å². The largest absolute Gasteiger partial charge is 0.479 e. The molecule has 0 fully saturated rings. The molecule has 0 aliphatic carbocycles. The lowest BCUT2D eigenvalue weighted by Crippen LogP contribution is -2.24. The first kappa shape index (κ1) is 13.5. The Labute approximate surface area is 101 Å². The van der Waals surface area contributed by atoms with Crippen LogP contribution in [-0.2, 0) is 16.0 Å². The van der Waals surface area contributed by atoms with Gasteiger partial charge in [0, 0.05) is 6.61 Å². The maximum atomic E-state index is 11.2. The van der Waals surface area contributed by atoms with E-state index in [1.54, 1.807) is 13.0 Å². The summed E-state index contributed by atoms with van der Waals surface area (Å²) in [5.41, 5.74) is 1.08. The van der Waals surface area contributed by atoms with Crippen LogP contribution in [0, 0.1) is 0 Å². The first-order chi connectivity index (χ1) is 8.17. The van der Waals surface area contributed by atoms with Gasteiger partial charge in [-0.25, -0.2) is 4.79 Å². The molecule has 0 bridgehead atoms. The Morgan fingerprint density at radius 1 is 1.47 bits per heavy atom. The lowest BCUT2D eigenvalue weighted by atomic mass is 10.1. The zero-order chi connectivity index (χ0) is 12.7. The van der Waals surface area contributed by atoms with Gasteiger partial charge < -0.3 is 14.6 Å². The molecule has 0 saturated carbocycles. The highest BCUT2D eigenvalue weighted by atomic mass is 16.6. The van der Waals surface area contributed by atoms with Gasteiger partial charge in [0.05, 0.1) is 7.11 Å². The molecular weight excluding hydrogens is 220 g/mol. The topological polar surface area (TPSA) is 55.8 Å². The van der Waals surface area contributed by atoms with Crippen molar-refractivity contribution in [1.29, 1.82) is 0 Å². The van der Waals surface area contributed by atoms with Crippen LogP contribution >= 0.6 is 0 Å². The van der Waals surface area contributed by atoms with E-state index in [1.807, 2.05) is 18.2 Å². The fourth-order valence-corrected chi connectivity index (χ4v) is 1.48. The number of ether oxygens (including phenoxy) is 2. The Kier molecular flexibility index (Phi) is 5.49. The van der Waals surface area contributed by atoms with Crippen LogP contribution in [0.25, 0.3) is 0 Å². The van der Waals surface area contributed by atoms with Gasteiger partial charge in [-0.05, 0) is 37.5 Å². The summed E-state index contributed by atoms with van der Waals surface area (Å²) in [6.45, 7) is 1.82.